The van der Waals surface area contributed by atoms with Gasteiger partial charge in [0.25, 0.3) is 5.91 Å². The van der Waals surface area contributed by atoms with Crippen LogP contribution in [-0.4, -0.2) is 74.6 Å². The van der Waals surface area contributed by atoms with Crippen LogP contribution in [0.25, 0.3) is 5.76 Å². The molecule has 0 spiro atoms. The van der Waals surface area contributed by atoms with Gasteiger partial charge < -0.3 is 31.5 Å². The van der Waals surface area contributed by atoms with Gasteiger partial charge in [-0.05, 0) is 62.9 Å². The van der Waals surface area contributed by atoms with E-state index in [0.717, 1.165) is 18.4 Å². The number of ketones is 2. The number of benzene rings is 1. The fourth-order valence-electron chi connectivity index (χ4n) is 6.86. The molecule has 2 saturated carbocycles. The van der Waals surface area contributed by atoms with Gasteiger partial charge in [0.1, 0.15) is 22.8 Å². The minimum atomic E-state index is -2.62. The van der Waals surface area contributed by atoms with Gasteiger partial charge in [-0.2, -0.15) is 0 Å². The molecule has 4 atom stereocenters. The Labute approximate surface area is 214 Å². The minimum Gasteiger partial charge on any atom is -0.508 e. The van der Waals surface area contributed by atoms with Crippen molar-refractivity contribution in [3.63, 3.8) is 0 Å². The SMILES string of the molecule is CN(C)C1C(=O)C(C(N)=O)=C(O)[C@@]2(O)C(=O)C3=C(O)c4c(O)ccc(CNC5CCCC5)c4C[C@@H]3C[C@@H]12. The van der Waals surface area contributed by atoms with Crippen LogP contribution in [0.5, 0.6) is 5.75 Å². The summed E-state index contributed by atoms with van der Waals surface area (Å²) in [7, 11) is 3.16. The molecule has 198 valence electrons. The fourth-order valence-corrected chi connectivity index (χ4v) is 6.86. The number of phenolic OH excluding ortho intramolecular Hbond substituents is 1. The van der Waals surface area contributed by atoms with Crippen molar-refractivity contribution in [1.82, 2.24) is 10.2 Å². The fraction of sp³-hybridized carbons (Fsp3) is 0.519. The molecule has 10 heteroatoms. The van der Waals surface area contributed by atoms with Crippen LogP contribution in [0.4, 0.5) is 0 Å². The summed E-state index contributed by atoms with van der Waals surface area (Å²) in [4.78, 5) is 40.6. The molecule has 4 aliphatic rings. The lowest BCUT2D eigenvalue weighted by Crippen LogP contribution is -2.65. The third-order valence-electron chi connectivity index (χ3n) is 8.64. The first-order valence-electron chi connectivity index (χ1n) is 12.7. The van der Waals surface area contributed by atoms with Crippen molar-refractivity contribution in [1.29, 1.82) is 0 Å². The van der Waals surface area contributed by atoms with E-state index in [2.05, 4.69) is 5.32 Å². The van der Waals surface area contributed by atoms with Crippen molar-refractivity contribution in [2.75, 3.05) is 14.1 Å². The molecule has 1 amide bonds. The van der Waals surface area contributed by atoms with E-state index in [1.165, 1.54) is 23.8 Å². The maximum absolute atomic E-state index is 13.8. The monoisotopic (exact) mass is 511 g/mol. The number of hydrogen-bond acceptors (Lipinski definition) is 9. The molecule has 37 heavy (non-hydrogen) atoms. The topological polar surface area (TPSA) is 173 Å². The maximum Gasteiger partial charge on any atom is 0.255 e. The number of nitrogens with one attached hydrogen (secondary N) is 1. The smallest absolute Gasteiger partial charge is 0.255 e. The van der Waals surface area contributed by atoms with Crippen molar-refractivity contribution < 1.29 is 34.8 Å². The number of nitrogens with two attached hydrogens (primary N) is 1. The third-order valence-corrected chi connectivity index (χ3v) is 8.64. The van der Waals surface area contributed by atoms with Gasteiger partial charge in [0, 0.05) is 24.1 Å². The number of aromatic hydroxyl groups is 1. The highest BCUT2D eigenvalue weighted by molar-refractivity contribution is 6.24. The van der Waals surface area contributed by atoms with Crippen molar-refractivity contribution in [3.05, 3.63) is 45.7 Å². The molecular weight excluding hydrogens is 478 g/mol. The predicted molar refractivity (Wildman–Crippen MR) is 133 cm³/mol. The lowest BCUT2D eigenvalue weighted by atomic mass is 9.57. The molecule has 5 rings (SSSR count). The second kappa shape index (κ2) is 8.97. The lowest BCUT2D eigenvalue weighted by molar-refractivity contribution is -0.153. The Morgan fingerprint density at radius 2 is 1.84 bits per heavy atom. The van der Waals surface area contributed by atoms with Crippen LogP contribution in [-0.2, 0) is 27.3 Å². The van der Waals surface area contributed by atoms with Crippen LogP contribution in [0.1, 0.15) is 48.8 Å². The lowest BCUT2D eigenvalue weighted by Gasteiger charge is -2.50. The highest BCUT2D eigenvalue weighted by atomic mass is 16.3. The van der Waals surface area contributed by atoms with Crippen LogP contribution < -0.4 is 11.1 Å². The number of fused-ring (bicyclic) bond motifs is 3. The first-order chi connectivity index (χ1) is 17.5. The zero-order chi connectivity index (χ0) is 26.8. The molecule has 0 bridgehead atoms. The first kappa shape index (κ1) is 25.4. The van der Waals surface area contributed by atoms with Gasteiger partial charge in [0.05, 0.1) is 11.6 Å². The number of phenols is 1. The molecule has 0 radical (unpaired) electrons. The summed E-state index contributed by atoms with van der Waals surface area (Å²) in [5, 5.41) is 48.1. The molecule has 0 aliphatic heterocycles. The standard InChI is InChI=1S/C27H33N3O7/c1-30(2)21-16-10-13-9-15-12(11-29-14-5-3-4-6-14)7-8-17(31)19(15)22(32)18(13)24(34)27(16,37)25(35)20(23(21)33)26(28)36/h7-8,13-14,16,21,29,31-32,35,37H,3-6,9-11H2,1-2H3,(H2,28,36)/t13-,16+,21?,27+/m1/s1. The molecule has 1 unspecified atom stereocenters. The van der Waals surface area contributed by atoms with Crippen molar-refractivity contribution in [2.45, 2.75) is 62.8 Å². The summed E-state index contributed by atoms with van der Waals surface area (Å²) in [6.45, 7) is 0.536. The van der Waals surface area contributed by atoms with Gasteiger partial charge in [-0.15, -0.1) is 0 Å². The number of carbonyl (C=O) groups is 3. The Kier molecular flexibility index (Phi) is 6.17. The van der Waals surface area contributed by atoms with Gasteiger partial charge in [-0.3, -0.25) is 19.3 Å². The molecule has 10 nitrogen and oxygen atoms in total. The Morgan fingerprint density at radius 3 is 2.46 bits per heavy atom. The highest BCUT2D eigenvalue weighted by Gasteiger charge is 2.64. The summed E-state index contributed by atoms with van der Waals surface area (Å²) >= 11 is 0. The van der Waals surface area contributed by atoms with Crippen molar-refractivity contribution >= 4 is 23.2 Å². The van der Waals surface area contributed by atoms with E-state index >= 15 is 0 Å². The number of nitrogens with zero attached hydrogens (tertiary/aromatic N) is 1. The van der Waals surface area contributed by atoms with Gasteiger partial charge in [0.15, 0.2) is 11.4 Å². The Hall–Kier alpha value is -3.21. The molecule has 0 heterocycles. The third kappa shape index (κ3) is 3.69. The number of hydrogen-bond donors (Lipinski definition) is 6. The molecule has 4 aliphatic carbocycles. The number of rotatable bonds is 5. The molecule has 0 aromatic heterocycles. The molecular formula is C27H33N3O7. The average molecular weight is 512 g/mol. The Bertz CT molecular complexity index is 1260. The largest absolute Gasteiger partial charge is 0.508 e. The predicted octanol–water partition coefficient (Wildman–Crippen LogP) is 0.996. The van der Waals surface area contributed by atoms with Crippen LogP contribution >= 0.6 is 0 Å². The Balaban J connectivity index is 1.62. The minimum absolute atomic E-state index is 0.0803. The van der Waals surface area contributed by atoms with E-state index in [4.69, 9.17) is 5.73 Å². The van der Waals surface area contributed by atoms with E-state index in [0.29, 0.717) is 24.6 Å². The van der Waals surface area contributed by atoms with Gasteiger partial charge in [-0.1, -0.05) is 18.9 Å². The van der Waals surface area contributed by atoms with E-state index in [1.54, 1.807) is 20.2 Å². The summed E-state index contributed by atoms with van der Waals surface area (Å²) in [6, 6.07) is 2.58. The van der Waals surface area contributed by atoms with Crippen molar-refractivity contribution in [3.8, 4) is 5.75 Å². The van der Waals surface area contributed by atoms with Gasteiger partial charge >= 0.3 is 0 Å². The number of aliphatic hydroxyl groups excluding tert-OH is 2. The molecule has 2 fully saturated rings. The summed E-state index contributed by atoms with van der Waals surface area (Å²) < 4.78 is 0. The quantitative estimate of drug-likeness (QED) is 0.315. The second-order valence-corrected chi connectivity index (χ2v) is 10.9. The van der Waals surface area contributed by atoms with E-state index in [1.807, 2.05) is 0 Å². The zero-order valence-corrected chi connectivity index (χ0v) is 21.0. The summed E-state index contributed by atoms with van der Waals surface area (Å²) in [6.07, 6.45) is 4.92. The summed E-state index contributed by atoms with van der Waals surface area (Å²) in [5.41, 5.74) is 3.50. The van der Waals surface area contributed by atoms with Crippen molar-refractivity contribution in [2.24, 2.45) is 17.6 Å². The maximum atomic E-state index is 13.8. The van der Waals surface area contributed by atoms with E-state index in [9.17, 15) is 34.8 Å². The molecule has 1 aromatic rings. The van der Waals surface area contributed by atoms with Gasteiger partial charge in [0.2, 0.25) is 5.78 Å². The molecule has 1 aromatic carbocycles. The molecule has 7 N–H and O–H groups in total. The van der Waals surface area contributed by atoms with Crippen LogP contribution in [0.3, 0.4) is 0 Å². The first-order valence-corrected chi connectivity index (χ1v) is 12.7. The van der Waals surface area contributed by atoms with Crippen LogP contribution in [0.2, 0.25) is 0 Å². The van der Waals surface area contributed by atoms with E-state index in [-0.39, 0.29) is 23.3 Å². The number of Topliss-reactive ketones (excluding diaryl/α,β-unsaturated/α-hetero) is 2. The van der Waals surface area contributed by atoms with Crippen LogP contribution in [0, 0.1) is 11.8 Å². The highest BCUT2D eigenvalue weighted by Crippen LogP contribution is 2.52. The number of carbonyl (C=O) groups excluding carboxylic acids is 3. The Morgan fingerprint density at radius 1 is 1.16 bits per heavy atom. The second-order valence-electron chi connectivity index (χ2n) is 10.9. The summed E-state index contributed by atoms with van der Waals surface area (Å²) in [5.74, 6) is -6.41. The number of likely N-dealkylation sites (N-methyl/N-ethyl adjacent to an activating group) is 1. The number of amides is 1. The van der Waals surface area contributed by atoms with E-state index < -0.39 is 58.0 Å². The normalized spacial score (nSPS) is 30.0. The van der Waals surface area contributed by atoms with Crippen LogP contribution in [0.15, 0.2) is 29.0 Å². The average Bonchev–Trinajstić information content (AvgIpc) is 3.34. The van der Waals surface area contributed by atoms with Gasteiger partial charge in [-0.25, -0.2) is 0 Å². The molecule has 0 saturated heterocycles. The number of aliphatic hydroxyl groups is 3. The zero-order valence-electron chi connectivity index (χ0n) is 21.0. The number of primary amides is 1.